The van der Waals surface area contributed by atoms with Gasteiger partial charge in [0.15, 0.2) is 0 Å². The lowest BCUT2D eigenvalue weighted by Crippen LogP contribution is -2.33. The number of hydrogen-bond donors (Lipinski definition) is 1. The van der Waals surface area contributed by atoms with Crippen LogP contribution < -0.4 is 5.32 Å². The lowest BCUT2D eigenvalue weighted by atomic mass is 10.0. The average Bonchev–Trinajstić information content (AvgIpc) is 2.28. The van der Waals surface area contributed by atoms with Crippen LogP contribution in [0.4, 0.5) is 4.39 Å². The van der Waals surface area contributed by atoms with Crippen molar-refractivity contribution >= 4 is 21.4 Å². The first kappa shape index (κ1) is 16.4. The second-order valence-electron chi connectivity index (χ2n) is 4.61. The lowest BCUT2D eigenvalue weighted by molar-refractivity contribution is 0.505. The first-order valence-corrected chi connectivity index (χ1v) is 8.60. The zero-order valence-corrected chi connectivity index (χ0v) is 12.7. The van der Waals surface area contributed by atoms with Gasteiger partial charge in [-0.3, -0.25) is 0 Å². The van der Waals surface area contributed by atoms with E-state index in [4.69, 9.17) is 11.6 Å². The number of sulfone groups is 1. The number of benzene rings is 1. The molecule has 6 heteroatoms. The fourth-order valence-electron chi connectivity index (χ4n) is 1.87. The van der Waals surface area contributed by atoms with Crippen LogP contribution in [-0.2, 0) is 16.3 Å². The Bertz CT molecular complexity index is 519. The lowest BCUT2D eigenvalue weighted by Gasteiger charge is -2.18. The Hall–Kier alpha value is -0.650. The molecule has 0 spiro atoms. The Morgan fingerprint density at radius 3 is 2.63 bits per heavy atom. The molecule has 0 bridgehead atoms. The first-order chi connectivity index (χ1) is 8.81. The molecular formula is C13H19ClFNO2S. The predicted molar refractivity (Wildman–Crippen MR) is 76.9 cm³/mol. The van der Waals surface area contributed by atoms with Crippen molar-refractivity contribution in [2.24, 2.45) is 0 Å². The minimum absolute atomic E-state index is 0.0164. The largest absolute Gasteiger partial charge is 0.314 e. The van der Waals surface area contributed by atoms with E-state index in [1.165, 1.54) is 18.4 Å². The van der Waals surface area contributed by atoms with E-state index in [1.807, 2.05) is 6.92 Å². The molecule has 0 saturated carbocycles. The SMILES string of the molecule is CCNC(CCS(C)(=O)=O)Cc1ccc(F)cc1Cl. The zero-order chi connectivity index (χ0) is 14.5. The van der Waals surface area contributed by atoms with Crippen molar-refractivity contribution < 1.29 is 12.8 Å². The molecule has 1 unspecified atom stereocenters. The third kappa shape index (κ3) is 6.36. The Labute approximate surface area is 119 Å². The van der Waals surface area contributed by atoms with Crippen LogP contribution in [0.3, 0.4) is 0 Å². The topological polar surface area (TPSA) is 46.2 Å². The summed E-state index contributed by atoms with van der Waals surface area (Å²) in [6.07, 6.45) is 2.32. The molecule has 3 nitrogen and oxygen atoms in total. The van der Waals surface area contributed by atoms with E-state index in [0.717, 1.165) is 12.1 Å². The molecule has 1 aromatic rings. The number of rotatable bonds is 7. The van der Waals surface area contributed by atoms with E-state index < -0.39 is 9.84 Å². The molecule has 0 aliphatic rings. The normalized spacial score (nSPS) is 13.5. The van der Waals surface area contributed by atoms with Gasteiger partial charge in [-0.15, -0.1) is 0 Å². The molecule has 0 aromatic heterocycles. The number of nitrogens with one attached hydrogen (secondary N) is 1. The number of hydrogen-bond acceptors (Lipinski definition) is 3. The molecule has 0 fully saturated rings. The van der Waals surface area contributed by atoms with Gasteiger partial charge < -0.3 is 5.32 Å². The standard InChI is InChI=1S/C13H19ClFNO2S/c1-3-16-12(6-7-19(2,17)18)8-10-4-5-11(15)9-13(10)14/h4-5,9,12,16H,3,6-8H2,1-2H3. The van der Waals surface area contributed by atoms with Gasteiger partial charge in [0, 0.05) is 17.3 Å². The smallest absolute Gasteiger partial charge is 0.147 e. The Balaban J connectivity index is 2.72. The maximum atomic E-state index is 13.0. The maximum absolute atomic E-state index is 13.0. The summed E-state index contributed by atoms with van der Waals surface area (Å²) in [5.74, 6) is -0.242. The van der Waals surface area contributed by atoms with Gasteiger partial charge in [0.2, 0.25) is 0 Å². The molecular weight excluding hydrogens is 289 g/mol. The molecule has 108 valence electrons. The third-order valence-electron chi connectivity index (χ3n) is 2.81. The van der Waals surface area contributed by atoms with Gasteiger partial charge in [-0.2, -0.15) is 0 Å². The van der Waals surface area contributed by atoms with Crippen LogP contribution in [0.15, 0.2) is 18.2 Å². The van der Waals surface area contributed by atoms with Crippen LogP contribution in [0.1, 0.15) is 18.9 Å². The van der Waals surface area contributed by atoms with E-state index in [0.29, 0.717) is 17.9 Å². The summed E-state index contributed by atoms with van der Waals surface area (Å²) in [5, 5.41) is 3.61. The Morgan fingerprint density at radius 2 is 2.11 bits per heavy atom. The summed E-state index contributed by atoms with van der Waals surface area (Å²) < 4.78 is 35.4. The van der Waals surface area contributed by atoms with Crippen molar-refractivity contribution in [1.29, 1.82) is 0 Å². The van der Waals surface area contributed by atoms with Crippen molar-refractivity contribution in [1.82, 2.24) is 5.32 Å². The van der Waals surface area contributed by atoms with Crippen LogP contribution in [0.2, 0.25) is 5.02 Å². The highest BCUT2D eigenvalue weighted by Gasteiger charge is 2.14. The van der Waals surface area contributed by atoms with Gasteiger partial charge in [0.25, 0.3) is 0 Å². The second kappa shape index (κ2) is 7.22. The van der Waals surface area contributed by atoms with Gasteiger partial charge >= 0.3 is 0 Å². The molecule has 1 atom stereocenters. The summed E-state index contributed by atoms with van der Waals surface area (Å²) in [5.41, 5.74) is 0.822. The van der Waals surface area contributed by atoms with E-state index in [2.05, 4.69) is 5.32 Å². The average molecular weight is 308 g/mol. The first-order valence-electron chi connectivity index (χ1n) is 6.17. The Morgan fingerprint density at radius 1 is 1.42 bits per heavy atom. The van der Waals surface area contributed by atoms with Crippen molar-refractivity contribution in [3.8, 4) is 0 Å². The molecule has 0 heterocycles. The van der Waals surface area contributed by atoms with Crippen molar-refractivity contribution in [3.63, 3.8) is 0 Å². The Kier molecular flexibility index (Phi) is 6.23. The van der Waals surface area contributed by atoms with Crippen LogP contribution in [0.25, 0.3) is 0 Å². The highest BCUT2D eigenvalue weighted by molar-refractivity contribution is 7.90. The predicted octanol–water partition coefficient (Wildman–Crippen LogP) is 2.43. The molecule has 0 radical (unpaired) electrons. The van der Waals surface area contributed by atoms with E-state index in [-0.39, 0.29) is 17.6 Å². The minimum atomic E-state index is -2.98. The summed E-state index contributed by atoms with van der Waals surface area (Å²) in [4.78, 5) is 0. The summed E-state index contributed by atoms with van der Waals surface area (Å²) in [6, 6.07) is 4.29. The van der Waals surface area contributed by atoms with Crippen LogP contribution in [-0.4, -0.2) is 33.0 Å². The molecule has 0 aliphatic heterocycles. The third-order valence-corrected chi connectivity index (χ3v) is 4.14. The summed E-state index contributed by atoms with van der Waals surface area (Å²) in [6.45, 7) is 2.70. The van der Waals surface area contributed by atoms with Gasteiger partial charge in [-0.1, -0.05) is 24.6 Å². The summed E-state index contributed by atoms with van der Waals surface area (Å²) in [7, 11) is -2.98. The number of likely N-dealkylation sites (N-methyl/N-ethyl adjacent to an activating group) is 1. The highest BCUT2D eigenvalue weighted by Crippen LogP contribution is 2.19. The van der Waals surface area contributed by atoms with Gasteiger partial charge in [0.1, 0.15) is 15.7 Å². The molecule has 0 aliphatic carbocycles. The minimum Gasteiger partial charge on any atom is -0.314 e. The van der Waals surface area contributed by atoms with Gasteiger partial charge in [0.05, 0.1) is 5.75 Å². The molecule has 0 saturated heterocycles. The van der Waals surface area contributed by atoms with Crippen LogP contribution in [0.5, 0.6) is 0 Å². The maximum Gasteiger partial charge on any atom is 0.147 e. The second-order valence-corrected chi connectivity index (χ2v) is 7.28. The van der Waals surface area contributed by atoms with E-state index in [1.54, 1.807) is 6.07 Å². The zero-order valence-electron chi connectivity index (χ0n) is 11.1. The summed E-state index contributed by atoms with van der Waals surface area (Å²) >= 11 is 5.98. The quantitative estimate of drug-likeness (QED) is 0.841. The van der Waals surface area contributed by atoms with Crippen molar-refractivity contribution in [2.75, 3.05) is 18.6 Å². The molecule has 19 heavy (non-hydrogen) atoms. The van der Waals surface area contributed by atoms with Crippen molar-refractivity contribution in [3.05, 3.63) is 34.6 Å². The highest BCUT2D eigenvalue weighted by atomic mass is 35.5. The molecule has 1 N–H and O–H groups in total. The fourth-order valence-corrected chi connectivity index (χ4v) is 2.83. The van der Waals surface area contributed by atoms with Crippen molar-refractivity contribution in [2.45, 2.75) is 25.8 Å². The number of halogens is 2. The van der Waals surface area contributed by atoms with Crippen LogP contribution in [0, 0.1) is 5.82 Å². The van der Waals surface area contributed by atoms with E-state index in [9.17, 15) is 12.8 Å². The monoisotopic (exact) mass is 307 g/mol. The molecule has 1 aromatic carbocycles. The van der Waals surface area contributed by atoms with Gasteiger partial charge in [-0.05, 0) is 37.1 Å². The fraction of sp³-hybridized carbons (Fsp3) is 0.538. The molecule has 1 rings (SSSR count). The van der Waals surface area contributed by atoms with Crippen LogP contribution >= 0.6 is 11.6 Å². The molecule has 0 amide bonds. The van der Waals surface area contributed by atoms with Gasteiger partial charge in [-0.25, -0.2) is 12.8 Å². The van der Waals surface area contributed by atoms with E-state index >= 15 is 0 Å².